The Balaban J connectivity index is 1.27. The number of H-pyrrole nitrogens is 1. The Hall–Kier alpha value is -2.56. The molecular weight excluding hydrogens is 312 g/mol. The van der Waals surface area contributed by atoms with Gasteiger partial charge in [-0.05, 0) is 37.8 Å². The van der Waals surface area contributed by atoms with E-state index in [1.54, 1.807) is 0 Å². The van der Waals surface area contributed by atoms with Crippen molar-refractivity contribution in [2.45, 2.75) is 45.1 Å². The highest BCUT2D eigenvalue weighted by Gasteiger charge is 2.26. The molecule has 1 aromatic carbocycles. The third-order valence-electron chi connectivity index (χ3n) is 4.94. The zero-order valence-electron chi connectivity index (χ0n) is 14.6. The van der Waals surface area contributed by atoms with Gasteiger partial charge in [-0.1, -0.05) is 18.2 Å². The topological polar surface area (TPSA) is 62.7 Å². The molecule has 2 aromatic heterocycles. The molecule has 5 nitrogen and oxygen atoms in total. The Bertz CT molecular complexity index is 888. The zero-order valence-corrected chi connectivity index (χ0v) is 14.6. The van der Waals surface area contributed by atoms with Crippen LogP contribution in [0, 0.1) is 6.92 Å². The summed E-state index contributed by atoms with van der Waals surface area (Å²) >= 11 is 0. The Kier molecular flexibility index (Phi) is 4.30. The standard InChI is InChI=1S/C20H24N4O/c1-14-12-23-19(24(14)16-7-8-16)10-11-21-20(25)9-6-15-13-22-18-5-3-2-4-17(15)18/h2-5,12-13,16,22H,6-11H2,1H3,(H,21,25). The number of nitrogens with zero attached hydrogens (tertiary/aromatic N) is 2. The van der Waals surface area contributed by atoms with Crippen molar-refractivity contribution in [3.05, 3.63) is 53.7 Å². The van der Waals surface area contributed by atoms with Crippen molar-refractivity contribution in [2.75, 3.05) is 6.54 Å². The van der Waals surface area contributed by atoms with Gasteiger partial charge in [0.1, 0.15) is 5.82 Å². The summed E-state index contributed by atoms with van der Waals surface area (Å²) in [6.45, 7) is 2.75. The summed E-state index contributed by atoms with van der Waals surface area (Å²) in [5, 5.41) is 4.24. The predicted molar refractivity (Wildman–Crippen MR) is 98.6 cm³/mol. The van der Waals surface area contributed by atoms with E-state index in [1.165, 1.54) is 29.5 Å². The molecule has 3 aromatic rings. The van der Waals surface area contributed by atoms with Gasteiger partial charge in [-0.25, -0.2) is 4.98 Å². The number of rotatable bonds is 7. The van der Waals surface area contributed by atoms with Crippen molar-refractivity contribution in [1.29, 1.82) is 0 Å². The molecule has 2 N–H and O–H groups in total. The number of amides is 1. The Labute approximate surface area is 147 Å². The van der Waals surface area contributed by atoms with Crippen LogP contribution in [0.1, 0.15) is 42.4 Å². The largest absolute Gasteiger partial charge is 0.361 e. The molecule has 0 aliphatic heterocycles. The fourth-order valence-electron chi connectivity index (χ4n) is 3.50. The molecule has 2 heterocycles. The van der Waals surface area contributed by atoms with Gasteiger partial charge in [0.25, 0.3) is 0 Å². The van der Waals surface area contributed by atoms with E-state index < -0.39 is 0 Å². The summed E-state index contributed by atoms with van der Waals surface area (Å²) in [7, 11) is 0. The van der Waals surface area contributed by atoms with Crippen LogP contribution in [0.3, 0.4) is 0 Å². The first-order valence-corrected chi connectivity index (χ1v) is 9.07. The van der Waals surface area contributed by atoms with Crippen molar-refractivity contribution in [1.82, 2.24) is 19.9 Å². The Morgan fingerprint density at radius 2 is 2.16 bits per heavy atom. The molecule has 0 radical (unpaired) electrons. The normalized spacial score (nSPS) is 14.1. The minimum absolute atomic E-state index is 0.103. The highest BCUT2D eigenvalue weighted by Crippen LogP contribution is 2.36. The van der Waals surface area contributed by atoms with Gasteiger partial charge in [-0.3, -0.25) is 4.79 Å². The second kappa shape index (κ2) is 6.75. The molecule has 0 bridgehead atoms. The van der Waals surface area contributed by atoms with Gasteiger partial charge in [0.15, 0.2) is 0 Å². The second-order valence-corrected chi connectivity index (χ2v) is 6.88. The highest BCUT2D eigenvalue weighted by atomic mass is 16.1. The van der Waals surface area contributed by atoms with Crippen LogP contribution in [-0.2, 0) is 17.6 Å². The molecule has 1 aliphatic carbocycles. The van der Waals surface area contributed by atoms with Crippen molar-refractivity contribution in [2.24, 2.45) is 0 Å². The van der Waals surface area contributed by atoms with Crippen LogP contribution in [0.25, 0.3) is 10.9 Å². The van der Waals surface area contributed by atoms with Gasteiger partial charge >= 0.3 is 0 Å². The fourth-order valence-corrected chi connectivity index (χ4v) is 3.50. The van der Waals surface area contributed by atoms with E-state index in [2.05, 4.69) is 38.9 Å². The van der Waals surface area contributed by atoms with Crippen LogP contribution in [0.15, 0.2) is 36.7 Å². The van der Waals surface area contributed by atoms with Gasteiger partial charge < -0.3 is 14.9 Å². The number of aromatic amines is 1. The lowest BCUT2D eigenvalue weighted by Crippen LogP contribution is -2.26. The molecule has 0 spiro atoms. The lowest BCUT2D eigenvalue weighted by molar-refractivity contribution is -0.121. The number of carbonyl (C=O) groups is 1. The van der Waals surface area contributed by atoms with E-state index in [-0.39, 0.29) is 5.91 Å². The Morgan fingerprint density at radius 1 is 1.32 bits per heavy atom. The molecular formula is C20H24N4O. The van der Waals surface area contributed by atoms with Gasteiger partial charge in [0.05, 0.1) is 0 Å². The van der Waals surface area contributed by atoms with Crippen molar-refractivity contribution < 1.29 is 4.79 Å². The first-order chi connectivity index (χ1) is 12.2. The molecule has 25 heavy (non-hydrogen) atoms. The number of hydrogen-bond acceptors (Lipinski definition) is 2. The molecule has 0 atom stereocenters. The van der Waals surface area contributed by atoms with E-state index in [1.807, 2.05) is 24.5 Å². The Morgan fingerprint density at radius 3 is 3.00 bits per heavy atom. The average Bonchev–Trinajstić information content (AvgIpc) is 3.26. The maximum atomic E-state index is 12.2. The molecule has 1 fully saturated rings. The van der Waals surface area contributed by atoms with E-state index in [4.69, 9.17) is 0 Å². The second-order valence-electron chi connectivity index (χ2n) is 6.88. The summed E-state index contributed by atoms with van der Waals surface area (Å²) < 4.78 is 2.33. The quantitative estimate of drug-likeness (QED) is 0.695. The van der Waals surface area contributed by atoms with Crippen LogP contribution in [0.5, 0.6) is 0 Å². The van der Waals surface area contributed by atoms with Crippen LogP contribution in [0.2, 0.25) is 0 Å². The van der Waals surface area contributed by atoms with E-state index in [0.717, 1.165) is 24.2 Å². The number of imidazole rings is 1. The molecule has 0 unspecified atom stereocenters. The number of nitrogens with one attached hydrogen (secondary N) is 2. The number of hydrogen-bond donors (Lipinski definition) is 2. The first-order valence-electron chi connectivity index (χ1n) is 9.07. The molecule has 5 heteroatoms. The summed E-state index contributed by atoms with van der Waals surface area (Å²) in [6.07, 6.45) is 8.51. The number of fused-ring (bicyclic) bond motifs is 1. The highest BCUT2D eigenvalue weighted by molar-refractivity contribution is 5.84. The third kappa shape index (κ3) is 3.45. The summed E-state index contributed by atoms with van der Waals surface area (Å²) in [6, 6.07) is 8.84. The SMILES string of the molecule is Cc1cnc(CCNC(=O)CCc2c[nH]c3ccccc23)n1C1CC1. The lowest BCUT2D eigenvalue weighted by Gasteiger charge is -2.09. The van der Waals surface area contributed by atoms with E-state index in [0.29, 0.717) is 19.0 Å². The molecule has 1 saturated carbocycles. The predicted octanol–water partition coefficient (Wildman–Crippen LogP) is 3.30. The maximum absolute atomic E-state index is 12.2. The van der Waals surface area contributed by atoms with Crippen LogP contribution in [0.4, 0.5) is 0 Å². The zero-order chi connectivity index (χ0) is 17.2. The maximum Gasteiger partial charge on any atom is 0.220 e. The van der Waals surface area contributed by atoms with Gasteiger partial charge in [0.2, 0.25) is 5.91 Å². The van der Waals surface area contributed by atoms with Gasteiger partial charge in [-0.2, -0.15) is 0 Å². The summed E-state index contributed by atoms with van der Waals surface area (Å²) in [4.78, 5) is 19.9. The summed E-state index contributed by atoms with van der Waals surface area (Å²) in [5.41, 5.74) is 3.55. The van der Waals surface area contributed by atoms with Crippen molar-refractivity contribution >= 4 is 16.8 Å². The summed E-state index contributed by atoms with van der Waals surface area (Å²) in [5.74, 6) is 1.20. The minimum atomic E-state index is 0.103. The van der Waals surface area contributed by atoms with Crippen LogP contribution in [-0.4, -0.2) is 27.0 Å². The monoisotopic (exact) mass is 336 g/mol. The van der Waals surface area contributed by atoms with Gasteiger partial charge in [0, 0.05) is 54.4 Å². The lowest BCUT2D eigenvalue weighted by atomic mass is 10.1. The van der Waals surface area contributed by atoms with E-state index in [9.17, 15) is 4.79 Å². The first kappa shape index (κ1) is 15.9. The van der Waals surface area contributed by atoms with Crippen molar-refractivity contribution in [3.8, 4) is 0 Å². The number of aromatic nitrogens is 3. The number of benzene rings is 1. The number of para-hydroxylation sites is 1. The van der Waals surface area contributed by atoms with Crippen LogP contribution < -0.4 is 5.32 Å². The smallest absolute Gasteiger partial charge is 0.220 e. The molecule has 130 valence electrons. The van der Waals surface area contributed by atoms with Crippen molar-refractivity contribution in [3.63, 3.8) is 0 Å². The van der Waals surface area contributed by atoms with Gasteiger partial charge in [-0.15, -0.1) is 0 Å². The third-order valence-corrected chi connectivity index (χ3v) is 4.94. The molecule has 1 amide bonds. The minimum Gasteiger partial charge on any atom is -0.361 e. The number of carbonyl (C=O) groups excluding carboxylic acids is 1. The van der Waals surface area contributed by atoms with E-state index >= 15 is 0 Å². The average molecular weight is 336 g/mol. The fraction of sp³-hybridized carbons (Fsp3) is 0.400. The molecule has 1 aliphatic rings. The molecule has 4 rings (SSSR count). The molecule has 0 saturated heterocycles. The number of aryl methyl sites for hydroxylation is 2. The van der Waals surface area contributed by atoms with Crippen LogP contribution >= 0.6 is 0 Å².